The van der Waals surface area contributed by atoms with E-state index in [1.807, 2.05) is 91.1 Å². The van der Waals surface area contributed by atoms with Crippen molar-refractivity contribution in [3.05, 3.63) is 170 Å². The molecule has 0 unspecified atom stereocenters. The van der Waals surface area contributed by atoms with E-state index in [-0.39, 0.29) is 0 Å². The molecule has 10 rings (SSSR count). The Bertz CT molecular complexity index is 3150. The predicted molar refractivity (Wildman–Crippen MR) is 224 cm³/mol. The van der Waals surface area contributed by atoms with Gasteiger partial charge in [0.2, 0.25) is 5.89 Å². The minimum Gasteiger partial charge on any atom is -0.436 e. The van der Waals surface area contributed by atoms with Crippen molar-refractivity contribution in [2.45, 2.75) is 6.92 Å². The molecule has 0 fully saturated rings. The van der Waals surface area contributed by atoms with Crippen LogP contribution in [0.4, 0.5) is 0 Å². The van der Waals surface area contributed by atoms with E-state index in [2.05, 4.69) is 90.0 Å². The SMILES string of the molecule is C=C/C=C\C=C(/C)c1nc(-c2ccccc2)nc(-c2ccc3nc(-c4cccc(-n5c6ccccc6c6cc7c(cc65)sc5ccccc57)c4)oc3c2)n1. The van der Waals surface area contributed by atoms with Crippen molar-refractivity contribution < 1.29 is 4.42 Å². The molecule has 7 heteroatoms. The topological polar surface area (TPSA) is 69.6 Å². The van der Waals surface area contributed by atoms with Gasteiger partial charge in [-0.25, -0.2) is 19.9 Å². The fourth-order valence-corrected chi connectivity index (χ4v) is 8.30. The number of hydrogen-bond acceptors (Lipinski definition) is 6. The summed E-state index contributed by atoms with van der Waals surface area (Å²) in [6.07, 6.45) is 7.51. The van der Waals surface area contributed by atoms with Gasteiger partial charge in [-0.05, 0) is 73.2 Å². The Morgan fingerprint density at radius 1 is 0.611 bits per heavy atom. The van der Waals surface area contributed by atoms with Gasteiger partial charge < -0.3 is 8.98 Å². The fourth-order valence-electron chi connectivity index (χ4n) is 7.18. The average molecular weight is 714 g/mol. The summed E-state index contributed by atoms with van der Waals surface area (Å²) in [5.74, 6) is 2.30. The van der Waals surface area contributed by atoms with Gasteiger partial charge in [0.25, 0.3) is 0 Å². The van der Waals surface area contributed by atoms with Gasteiger partial charge in [-0.15, -0.1) is 11.3 Å². The van der Waals surface area contributed by atoms with Gasteiger partial charge in [0.05, 0.1) is 11.0 Å². The van der Waals surface area contributed by atoms with Crippen LogP contribution in [0.3, 0.4) is 0 Å². The van der Waals surface area contributed by atoms with Crippen LogP contribution in [-0.4, -0.2) is 24.5 Å². The number of hydrogen-bond donors (Lipinski definition) is 0. The van der Waals surface area contributed by atoms with Gasteiger partial charge in [0.15, 0.2) is 23.1 Å². The number of benzene rings is 6. The molecular weight excluding hydrogens is 683 g/mol. The lowest BCUT2D eigenvalue weighted by molar-refractivity contribution is 0.620. The van der Waals surface area contributed by atoms with Gasteiger partial charge in [-0.1, -0.05) is 104 Å². The lowest BCUT2D eigenvalue weighted by Crippen LogP contribution is -2.01. The zero-order valence-electron chi connectivity index (χ0n) is 29.3. The van der Waals surface area contributed by atoms with Gasteiger partial charge in [-0.2, -0.15) is 0 Å². The molecule has 10 aromatic rings. The van der Waals surface area contributed by atoms with Crippen LogP contribution in [0, 0.1) is 0 Å². The van der Waals surface area contributed by atoms with E-state index in [0.29, 0.717) is 28.9 Å². The third-order valence-electron chi connectivity index (χ3n) is 9.78. The Balaban J connectivity index is 1.07. The summed E-state index contributed by atoms with van der Waals surface area (Å²) >= 11 is 1.84. The third-order valence-corrected chi connectivity index (χ3v) is 10.9. The highest BCUT2D eigenvalue weighted by atomic mass is 32.1. The summed E-state index contributed by atoms with van der Waals surface area (Å²) in [5.41, 5.74) is 8.30. The molecule has 4 aromatic heterocycles. The van der Waals surface area contributed by atoms with E-state index in [1.165, 1.54) is 36.5 Å². The molecule has 0 N–H and O–H groups in total. The van der Waals surface area contributed by atoms with Crippen molar-refractivity contribution >= 4 is 70.0 Å². The lowest BCUT2D eigenvalue weighted by atomic mass is 10.1. The maximum absolute atomic E-state index is 6.49. The number of thiophene rings is 1. The second kappa shape index (κ2) is 12.9. The molecule has 256 valence electrons. The second-order valence-electron chi connectivity index (χ2n) is 13.2. The molecule has 0 atom stereocenters. The van der Waals surface area contributed by atoms with E-state index < -0.39 is 0 Å². The van der Waals surface area contributed by atoms with Crippen LogP contribution < -0.4 is 0 Å². The van der Waals surface area contributed by atoms with Gasteiger partial charge >= 0.3 is 0 Å². The number of para-hydroxylation sites is 1. The molecular formula is C47H31N5OS. The standard InChI is InChI=1S/C47H31N5OS/c1-3-4-6-14-29(2)44-49-45(30-15-7-5-8-16-30)51-46(50-44)31-23-24-38-41(26-31)53-47(48-38)32-17-13-18-33(25-32)52-39-21-11-9-19-34(39)36-27-37-35-20-10-12-22-42(35)54-43(37)28-40(36)52/h3-28H,1H2,2H3/b6-4-,29-14+. The average Bonchev–Trinajstić information content (AvgIpc) is 3.91. The first-order chi connectivity index (χ1) is 26.6. The summed E-state index contributed by atoms with van der Waals surface area (Å²) in [5, 5.41) is 5.05. The molecule has 0 saturated carbocycles. The smallest absolute Gasteiger partial charge is 0.227 e. The zero-order valence-corrected chi connectivity index (χ0v) is 30.1. The molecule has 54 heavy (non-hydrogen) atoms. The highest BCUT2D eigenvalue weighted by molar-refractivity contribution is 7.25. The monoisotopic (exact) mass is 713 g/mol. The summed E-state index contributed by atoms with van der Waals surface area (Å²) < 4.78 is 11.4. The molecule has 6 aromatic carbocycles. The van der Waals surface area contributed by atoms with E-state index in [1.54, 1.807) is 6.08 Å². The van der Waals surface area contributed by atoms with E-state index >= 15 is 0 Å². The number of aromatic nitrogens is 5. The van der Waals surface area contributed by atoms with Crippen LogP contribution >= 0.6 is 11.3 Å². The summed E-state index contributed by atoms with van der Waals surface area (Å²) in [7, 11) is 0. The lowest BCUT2D eigenvalue weighted by Gasteiger charge is -2.09. The van der Waals surface area contributed by atoms with Crippen LogP contribution in [0.25, 0.3) is 98.6 Å². The third kappa shape index (κ3) is 5.41. The molecule has 0 spiro atoms. The molecule has 0 bridgehead atoms. The van der Waals surface area contributed by atoms with Gasteiger partial charge in [0.1, 0.15) is 5.52 Å². The van der Waals surface area contributed by atoms with Crippen LogP contribution in [-0.2, 0) is 0 Å². The number of nitrogens with zero attached hydrogens (tertiary/aromatic N) is 5. The van der Waals surface area contributed by atoms with Crippen molar-refractivity contribution in [3.63, 3.8) is 0 Å². The van der Waals surface area contributed by atoms with Crippen molar-refractivity contribution in [3.8, 4) is 39.9 Å². The Hall–Kier alpha value is -6.96. The minimum absolute atomic E-state index is 0.547. The van der Waals surface area contributed by atoms with Gasteiger partial charge in [-0.3, -0.25) is 0 Å². The van der Waals surface area contributed by atoms with E-state index in [4.69, 9.17) is 24.4 Å². The Morgan fingerprint density at radius 3 is 2.26 bits per heavy atom. The first-order valence-corrected chi connectivity index (χ1v) is 18.6. The maximum atomic E-state index is 6.49. The molecule has 4 heterocycles. The molecule has 6 nitrogen and oxygen atoms in total. The summed E-state index contributed by atoms with van der Waals surface area (Å²) in [6, 6.07) is 46.3. The predicted octanol–water partition coefficient (Wildman–Crippen LogP) is 12.6. The highest BCUT2D eigenvalue weighted by Gasteiger charge is 2.18. The van der Waals surface area contributed by atoms with Gasteiger partial charge in [0, 0.05) is 53.3 Å². The minimum atomic E-state index is 0.547. The highest BCUT2D eigenvalue weighted by Crippen LogP contribution is 2.41. The van der Waals surface area contributed by atoms with Crippen LogP contribution in [0.15, 0.2) is 169 Å². The van der Waals surface area contributed by atoms with Crippen molar-refractivity contribution in [2.24, 2.45) is 0 Å². The second-order valence-corrected chi connectivity index (χ2v) is 14.3. The fraction of sp³-hybridized carbons (Fsp3) is 0.0213. The molecule has 0 amide bonds. The first-order valence-electron chi connectivity index (χ1n) is 17.8. The molecule has 0 radical (unpaired) electrons. The van der Waals surface area contributed by atoms with Crippen molar-refractivity contribution in [1.82, 2.24) is 24.5 Å². The Kier molecular flexibility index (Phi) is 7.59. The van der Waals surface area contributed by atoms with E-state index in [0.717, 1.165) is 39.0 Å². The molecule has 0 aliphatic rings. The Labute approximate surface area is 314 Å². The number of oxazole rings is 1. The summed E-state index contributed by atoms with van der Waals surface area (Å²) in [6.45, 7) is 5.76. The number of fused-ring (bicyclic) bond motifs is 7. The number of allylic oxidation sites excluding steroid dienone is 5. The first kappa shape index (κ1) is 31.7. The quantitative estimate of drug-likeness (QED) is 0.154. The molecule has 0 aliphatic carbocycles. The van der Waals surface area contributed by atoms with Crippen LogP contribution in [0.1, 0.15) is 12.7 Å². The van der Waals surface area contributed by atoms with Crippen LogP contribution in [0.2, 0.25) is 0 Å². The number of rotatable bonds is 7. The molecule has 0 aliphatic heterocycles. The zero-order chi connectivity index (χ0) is 36.2. The summed E-state index contributed by atoms with van der Waals surface area (Å²) in [4.78, 5) is 19.5. The normalized spacial score (nSPS) is 12.3. The van der Waals surface area contributed by atoms with Crippen molar-refractivity contribution in [1.29, 1.82) is 0 Å². The molecule has 0 saturated heterocycles. The Morgan fingerprint density at radius 2 is 1.39 bits per heavy atom. The van der Waals surface area contributed by atoms with Crippen molar-refractivity contribution in [2.75, 3.05) is 0 Å². The maximum Gasteiger partial charge on any atom is 0.227 e. The van der Waals surface area contributed by atoms with E-state index in [9.17, 15) is 0 Å². The largest absolute Gasteiger partial charge is 0.436 e. The van der Waals surface area contributed by atoms with Crippen LogP contribution in [0.5, 0.6) is 0 Å².